The second-order valence-corrected chi connectivity index (χ2v) is 5.55. The van der Waals surface area contributed by atoms with Crippen molar-refractivity contribution in [1.82, 2.24) is 15.1 Å². The van der Waals surface area contributed by atoms with Crippen LogP contribution in [-0.4, -0.2) is 22.9 Å². The predicted octanol–water partition coefficient (Wildman–Crippen LogP) is 2.83. The van der Waals surface area contributed by atoms with Crippen LogP contribution in [0.25, 0.3) is 0 Å². The quantitative estimate of drug-likeness (QED) is 0.918. The van der Waals surface area contributed by atoms with E-state index in [0.717, 1.165) is 38.2 Å². The van der Waals surface area contributed by atoms with Crippen molar-refractivity contribution >= 4 is 0 Å². The molecule has 1 aromatic carbocycles. The van der Waals surface area contributed by atoms with Crippen LogP contribution in [0.3, 0.4) is 0 Å². The summed E-state index contributed by atoms with van der Waals surface area (Å²) in [6.45, 7) is 3.97. The smallest absolute Gasteiger partial charge is 0.127 e. The Balaban J connectivity index is 2.02. The highest BCUT2D eigenvalue weighted by Crippen LogP contribution is 2.35. The van der Waals surface area contributed by atoms with E-state index >= 15 is 0 Å². The first kappa shape index (κ1) is 14.1. The minimum absolute atomic E-state index is 0.130. The molecule has 0 aliphatic carbocycles. The number of para-hydroxylation sites is 1. The Bertz CT molecular complexity index is 606. The number of benzene rings is 1. The summed E-state index contributed by atoms with van der Waals surface area (Å²) in [7, 11) is 1.99. The van der Waals surface area contributed by atoms with Crippen molar-refractivity contribution < 1.29 is 4.74 Å². The molecule has 0 spiro atoms. The average molecular weight is 285 g/mol. The van der Waals surface area contributed by atoms with Crippen LogP contribution >= 0.6 is 0 Å². The van der Waals surface area contributed by atoms with Gasteiger partial charge in [-0.1, -0.05) is 25.1 Å². The van der Waals surface area contributed by atoms with Crippen LogP contribution in [-0.2, 0) is 13.5 Å². The van der Waals surface area contributed by atoms with Crippen LogP contribution in [0.5, 0.6) is 5.75 Å². The Morgan fingerprint density at radius 2 is 2.29 bits per heavy atom. The fraction of sp³-hybridized carbons (Fsp3) is 0.471. The molecule has 0 bridgehead atoms. The van der Waals surface area contributed by atoms with Gasteiger partial charge in [0.1, 0.15) is 5.75 Å². The highest BCUT2D eigenvalue weighted by Gasteiger charge is 2.23. The summed E-state index contributed by atoms with van der Waals surface area (Å²) >= 11 is 0. The van der Waals surface area contributed by atoms with Gasteiger partial charge in [-0.2, -0.15) is 5.10 Å². The molecule has 2 heterocycles. The lowest BCUT2D eigenvalue weighted by molar-refractivity contribution is 0.282. The van der Waals surface area contributed by atoms with Gasteiger partial charge in [0.15, 0.2) is 0 Å². The van der Waals surface area contributed by atoms with E-state index in [1.807, 2.05) is 17.9 Å². The number of nitrogens with zero attached hydrogens (tertiary/aromatic N) is 2. The average Bonchev–Trinajstić information content (AvgIpc) is 2.94. The maximum absolute atomic E-state index is 5.98. The molecule has 0 fully saturated rings. The summed E-state index contributed by atoms with van der Waals surface area (Å²) < 4.78 is 7.92. The first-order chi connectivity index (χ1) is 10.3. The first-order valence-electron chi connectivity index (χ1n) is 7.77. The monoisotopic (exact) mass is 285 g/mol. The second-order valence-electron chi connectivity index (χ2n) is 5.55. The van der Waals surface area contributed by atoms with E-state index in [-0.39, 0.29) is 6.04 Å². The van der Waals surface area contributed by atoms with Crippen molar-refractivity contribution in [2.24, 2.45) is 7.05 Å². The zero-order chi connectivity index (χ0) is 14.7. The van der Waals surface area contributed by atoms with Crippen molar-refractivity contribution in [2.75, 3.05) is 13.2 Å². The lowest BCUT2D eigenvalue weighted by atomic mass is 9.96. The van der Waals surface area contributed by atoms with Crippen LogP contribution < -0.4 is 10.1 Å². The third-order valence-electron chi connectivity index (χ3n) is 4.03. The molecule has 4 nitrogen and oxygen atoms in total. The van der Waals surface area contributed by atoms with Crippen LogP contribution in [0.4, 0.5) is 0 Å². The maximum Gasteiger partial charge on any atom is 0.127 e. The van der Waals surface area contributed by atoms with E-state index in [1.54, 1.807) is 0 Å². The normalized spacial score (nSPS) is 15.3. The topological polar surface area (TPSA) is 39.1 Å². The van der Waals surface area contributed by atoms with Gasteiger partial charge < -0.3 is 10.1 Å². The van der Waals surface area contributed by atoms with Gasteiger partial charge in [0.05, 0.1) is 18.3 Å². The predicted molar refractivity (Wildman–Crippen MR) is 83.6 cm³/mol. The van der Waals surface area contributed by atoms with E-state index < -0.39 is 0 Å². The van der Waals surface area contributed by atoms with Crippen LogP contribution in [0.15, 0.2) is 30.5 Å². The highest BCUT2D eigenvalue weighted by molar-refractivity contribution is 5.47. The molecule has 112 valence electrons. The van der Waals surface area contributed by atoms with E-state index in [9.17, 15) is 0 Å². The lowest BCUT2D eigenvalue weighted by Crippen LogP contribution is -2.26. The number of ether oxygens (including phenoxy) is 1. The molecule has 0 saturated heterocycles. The van der Waals surface area contributed by atoms with Gasteiger partial charge in [-0.3, -0.25) is 4.68 Å². The SMILES string of the molecule is CCCNC(c1cccc2c1OCCC2)c1ccnn1C. The molecule has 1 aliphatic heterocycles. The summed E-state index contributed by atoms with van der Waals surface area (Å²) in [5, 5.41) is 7.96. The number of rotatable bonds is 5. The Morgan fingerprint density at radius 3 is 3.05 bits per heavy atom. The molecule has 3 rings (SSSR count). The Hall–Kier alpha value is -1.81. The minimum atomic E-state index is 0.130. The molecule has 1 aromatic heterocycles. The molecule has 0 saturated carbocycles. The van der Waals surface area contributed by atoms with Crippen LogP contribution in [0.2, 0.25) is 0 Å². The highest BCUT2D eigenvalue weighted by atomic mass is 16.5. The van der Waals surface area contributed by atoms with Gasteiger partial charge in [-0.15, -0.1) is 0 Å². The van der Waals surface area contributed by atoms with Crippen molar-refractivity contribution in [3.05, 3.63) is 47.3 Å². The van der Waals surface area contributed by atoms with Gasteiger partial charge in [-0.05, 0) is 37.4 Å². The number of aryl methyl sites for hydroxylation is 2. The maximum atomic E-state index is 5.98. The number of nitrogens with one attached hydrogen (secondary N) is 1. The Kier molecular flexibility index (Phi) is 4.25. The number of hydrogen-bond donors (Lipinski definition) is 1. The largest absolute Gasteiger partial charge is 0.493 e. The lowest BCUT2D eigenvalue weighted by Gasteiger charge is -2.26. The summed E-state index contributed by atoms with van der Waals surface area (Å²) in [5.41, 5.74) is 3.72. The Labute approximate surface area is 126 Å². The molecular weight excluding hydrogens is 262 g/mol. The van der Waals surface area contributed by atoms with Gasteiger partial charge in [0, 0.05) is 18.8 Å². The molecule has 1 aliphatic rings. The first-order valence-corrected chi connectivity index (χ1v) is 7.77. The summed E-state index contributed by atoms with van der Waals surface area (Å²) in [6.07, 6.45) is 5.17. The van der Waals surface area contributed by atoms with Gasteiger partial charge in [0.2, 0.25) is 0 Å². The molecule has 1 atom stereocenters. The molecule has 21 heavy (non-hydrogen) atoms. The standard InChI is InChI=1S/C17H23N3O/c1-3-10-18-16(15-9-11-19-20(15)2)14-8-4-6-13-7-5-12-21-17(13)14/h4,6,8-9,11,16,18H,3,5,7,10,12H2,1-2H3. The van der Waals surface area contributed by atoms with Gasteiger partial charge >= 0.3 is 0 Å². The molecule has 4 heteroatoms. The van der Waals surface area contributed by atoms with Crippen molar-refractivity contribution in [1.29, 1.82) is 0 Å². The zero-order valence-corrected chi connectivity index (χ0v) is 12.8. The van der Waals surface area contributed by atoms with Crippen molar-refractivity contribution in [3.8, 4) is 5.75 Å². The van der Waals surface area contributed by atoms with Gasteiger partial charge in [0.25, 0.3) is 0 Å². The van der Waals surface area contributed by atoms with E-state index in [0.29, 0.717) is 0 Å². The van der Waals surface area contributed by atoms with Crippen molar-refractivity contribution in [2.45, 2.75) is 32.2 Å². The second kappa shape index (κ2) is 6.31. The van der Waals surface area contributed by atoms with E-state index in [2.05, 4.69) is 41.6 Å². The number of fused-ring (bicyclic) bond motifs is 1. The summed E-state index contributed by atoms with van der Waals surface area (Å²) in [5.74, 6) is 1.07. The third-order valence-corrected chi connectivity index (χ3v) is 4.03. The van der Waals surface area contributed by atoms with Crippen LogP contribution in [0.1, 0.15) is 42.6 Å². The molecule has 1 N–H and O–H groups in total. The Morgan fingerprint density at radius 1 is 1.38 bits per heavy atom. The molecule has 2 aromatic rings. The van der Waals surface area contributed by atoms with E-state index in [1.165, 1.54) is 16.8 Å². The molecule has 0 amide bonds. The molecule has 1 unspecified atom stereocenters. The molecular formula is C17H23N3O. The number of hydrogen-bond acceptors (Lipinski definition) is 3. The fourth-order valence-corrected chi connectivity index (χ4v) is 2.97. The minimum Gasteiger partial charge on any atom is -0.493 e. The van der Waals surface area contributed by atoms with Gasteiger partial charge in [-0.25, -0.2) is 0 Å². The zero-order valence-electron chi connectivity index (χ0n) is 12.8. The summed E-state index contributed by atoms with van der Waals surface area (Å²) in [6, 6.07) is 8.70. The third kappa shape index (κ3) is 2.81. The van der Waals surface area contributed by atoms with E-state index in [4.69, 9.17) is 4.74 Å². The van der Waals surface area contributed by atoms with Crippen molar-refractivity contribution in [3.63, 3.8) is 0 Å². The number of aromatic nitrogens is 2. The fourth-order valence-electron chi connectivity index (χ4n) is 2.97. The summed E-state index contributed by atoms with van der Waals surface area (Å²) in [4.78, 5) is 0. The molecule has 0 radical (unpaired) electrons. The van der Waals surface area contributed by atoms with Crippen LogP contribution in [0, 0.1) is 0 Å².